The fourth-order valence-electron chi connectivity index (χ4n) is 1.18. The van der Waals surface area contributed by atoms with Crippen molar-refractivity contribution in [2.24, 2.45) is 0 Å². The van der Waals surface area contributed by atoms with Crippen LogP contribution in [0.5, 0.6) is 0 Å². The molecule has 1 amide bonds. The van der Waals surface area contributed by atoms with Crippen molar-refractivity contribution in [3.8, 4) is 0 Å². The van der Waals surface area contributed by atoms with Gasteiger partial charge in [0.25, 0.3) is 0 Å². The quantitative estimate of drug-likeness (QED) is 0.846. The Labute approximate surface area is 108 Å². The molecule has 1 aromatic rings. The van der Waals surface area contributed by atoms with Crippen molar-refractivity contribution in [3.05, 3.63) is 27.7 Å². The van der Waals surface area contributed by atoms with Crippen molar-refractivity contribution >= 4 is 39.1 Å². The van der Waals surface area contributed by atoms with Crippen LogP contribution >= 0.6 is 27.5 Å². The molecule has 0 aromatic heterocycles. The molecule has 1 rings (SSSR count). The lowest BCUT2D eigenvalue weighted by molar-refractivity contribution is -0.116. The van der Waals surface area contributed by atoms with E-state index in [-0.39, 0.29) is 5.91 Å². The lowest BCUT2D eigenvalue weighted by Crippen LogP contribution is -2.12. The second kappa shape index (κ2) is 6.89. The number of halogens is 2. The number of hydrogen-bond donors (Lipinski definition) is 1. The molecule has 1 aromatic carbocycles. The van der Waals surface area contributed by atoms with Gasteiger partial charge in [-0.1, -0.05) is 11.6 Å². The largest absolute Gasteiger partial charge is 0.385 e. The number of hydrogen-bond acceptors (Lipinski definition) is 2. The average molecular weight is 307 g/mol. The molecule has 0 aliphatic heterocycles. The average Bonchev–Trinajstić information content (AvgIpc) is 2.24. The van der Waals surface area contributed by atoms with Gasteiger partial charge in [0.15, 0.2) is 0 Å². The Morgan fingerprint density at radius 2 is 2.31 bits per heavy atom. The van der Waals surface area contributed by atoms with E-state index in [2.05, 4.69) is 21.2 Å². The summed E-state index contributed by atoms with van der Waals surface area (Å²) < 4.78 is 5.69. The lowest BCUT2D eigenvalue weighted by Gasteiger charge is -2.07. The normalized spacial score (nSPS) is 10.2. The van der Waals surface area contributed by atoms with Crippen LogP contribution in [0.2, 0.25) is 5.02 Å². The smallest absolute Gasteiger partial charge is 0.224 e. The zero-order valence-corrected chi connectivity index (χ0v) is 11.3. The van der Waals surface area contributed by atoms with E-state index in [0.717, 1.165) is 4.47 Å². The first-order valence-corrected chi connectivity index (χ1v) is 6.04. The van der Waals surface area contributed by atoms with Crippen LogP contribution in [0.15, 0.2) is 22.7 Å². The van der Waals surface area contributed by atoms with E-state index in [1.807, 2.05) is 0 Å². The van der Waals surface area contributed by atoms with Gasteiger partial charge in [0.1, 0.15) is 0 Å². The highest BCUT2D eigenvalue weighted by Gasteiger charge is 2.05. The summed E-state index contributed by atoms with van der Waals surface area (Å²) in [4.78, 5) is 11.5. The Hall–Kier alpha value is -0.580. The van der Waals surface area contributed by atoms with Crippen molar-refractivity contribution in [2.45, 2.75) is 12.8 Å². The van der Waals surface area contributed by atoms with E-state index in [4.69, 9.17) is 16.3 Å². The first-order valence-electron chi connectivity index (χ1n) is 4.87. The van der Waals surface area contributed by atoms with Crippen LogP contribution in [0, 0.1) is 0 Å². The van der Waals surface area contributed by atoms with E-state index in [1.165, 1.54) is 0 Å². The van der Waals surface area contributed by atoms with Crippen molar-refractivity contribution in [3.63, 3.8) is 0 Å². The third-order valence-corrected chi connectivity index (χ3v) is 2.88. The molecule has 0 spiro atoms. The first-order chi connectivity index (χ1) is 7.63. The molecular formula is C11H13BrClNO2. The highest BCUT2D eigenvalue weighted by atomic mass is 79.9. The van der Waals surface area contributed by atoms with Crippen LogP contribution in [-0.2, 0) is 9.53 Å². The Kier molecular flexibility index (Phi) is 5.80. The molecule has 1 N–H and O–H groups in total. The summed E-state index contributed by atoms with van der Waals surface area (Å²) in [6, 6.07) is 5.26. The van der Waals surface area contributed by atoms with Gasteiger partial charge in [-0.15, -0.1) is 0 Å². The number of nitrogens with one attached hydrogen (secondary N) is 1. The summed E-state index contributed by atoms with van der Waals surface area (Å²) in [5.41, 5.74) is 0.690. The highest BCUT2D eigenvalue weighted by Crippen LogP contribution is 2.25. The highest BCUT2D eigenvalue weighted by molar-refractivity contribution is 9.10. The van der Waals surface area contributed by atoms with Gasteiger partial charge in [0, 0.05) is 29.6 Å². The fourth-order valence-corrected chi connectivity index (χ4v) is 1.70. The van der Waals surface area contributed by atoms with Gasteiger partial charge in [0.05, 0.1) is 5.69 Å². The number of ether oxygens (including phenoxy) is 1. The molecule has 16 heavy (non-hydrogen) atoms. The lowest BCUT2D eigenvalue weighted by atomic mass is 10.2. The Morgan fingerprint density at radius 1 is 1.56 bits per heavy atom. The van der Waals surface area contributed by atoms with Crippen molar-refractivity contribution in [1.29, 1.82) is 0 Å². The van der Waals surface area contributed by atoms with E-state index < -0.39 is 0 Å². The molecular weight excluding hydrogens is 293 g/mol. The monoisotopic (exact) mass is 305 g/mol. The van der Waals surface area contributed by atoms with Gasteiger partial charge in [0.2, 0.25) is 5.91 Å². The molecule has 0 aliphatic rings. The fraction of sp³-hybridized carbons (Fsp3) is 0.364. The zero-order valence-electron chi connectivity index (χ0n) is 8.93. The van der Waals surface area contributed by atoms with Gasteiger partial charge >= 0.3 is 0 Å². The minimum absolute atomic E-state index is 0.0417. The van der Waals surface area contributed by atoms with Gasteiger partial charge in [-0.2, -0.15) is 0 Å². The first kappa shape index (κ1) is 13.5. The standard InChI is InChI=1S/C11H13BrClNO2/c1-16-6-2-3-11(15)14-10-7-8(13)4-5-9(10)12/h4-5,7H,2-3,6H2,1H3,(H,14,15). The molecule has 0 saturated carbocycles. The molecule has 0 heterocycles. The Morgan fingerprint density at radius 3 is 3.00 bits per heavy atom. The molecule has 0 aliphatic carbocycles. The summed E-state index contributed by atoms with van der Waals surface area (Å²) in [7, 11) is 1.62. The second-order valence-corrected chi connectivity index (χ2v) is 4.56. The molecule has 3 nitrogen and oxygen atoms in total. The van der Waals surface area contributed by atoms with Crippen LogP contribution in [0.4, 0.5) is 5.69 Å². The minimum Gasteiger partial charge on any atom is -0.385 e. The maximum absolute atomic E-state index is 11.5. The van der Waals surface area contributed by atoms with Gasteiger partial charge in [-0.25, -0.2) is 0 Å². The van der Waals surface area contributed by atoms with Crippen LogP contribution in [0.25, 0.3) is 0 Å². The third-order valence-electron chi connectivity index (χ3n) is 1.95. The van der Waals surface area contributed by atoms with Gasteiger partial charge in [-0.3, -0.25) is 4.79 Å². The summed E-state index contributed by atoms with van der Waals surface area (Å²) in [6.07, 6.45) is 1.15. The molecule has 0 atom stereocenters. The molecule has 0 radical (unpaired) electrons. The van der Waals surface area contributed by atoms with Crippen molar-refractivity contribution < 1.29 is 9.53 Å². The molecule has 0 saturated heterocycles. The van der Waals surface area contributed by atoms with E-state index >= 15 is 0 Å². The van der Waals surface area contributed by atoms with E-state index in [0.29, 0.717) is 30.2 Å². The summed E-state index contributed by atoms with van der Waals surface area (Å²) in [6.45, 7) is 0.587. The minimum atomic E-state index is -0.0417. The number of benzene rings is 1. The van der Waals surface area contributed by atoms with Gasteiger partial charge in [-0.05, 0) is 40.5 Å². The van der Waals surface area contributed by atoms with Crippen LogP contribution in [-0.4, -0.2) is 19.6 Å². The molecule has 0 bridgehead atoms. The Bertz CT molecular complexity index is 371. The molecule has 0 fully saturated rings. The maximum Gasteiger partial charge on any atom is 0.224 e. The third kappa shape index (κ3) is 4.51. The number of carbonyl (C=O) groups excluding carboxylic acids is 1. The maximum atomic E-state index is 11.5. The number of carbonyl (C=O) groups is 1. The SMILES string of the molecule is COCCCC(=O)Nc1cc(Cl)ccc1Br. The molecule has 88 valence electrons. The summed E-state index contributed by atoms with van der Waals surface area (Å²) >= 11 is 9.18. The van der Waals surface area contributed by atoms with Gasteiger partial charge < -0.3 is 10.1 Å². The van der Waals surface area contributed by atoms with E-state index in [9.17, 15) is 4.79 Å². The number of rotatable bonds is 5. The van der Waals surface area contributed by atoms with Crippen molar-refractivity contribution in [1.82, 2.24) is 0 Å². The zero-order chi connectivity index (χ0) is 12.0. The summed E-state index contributed by atoms with van der Waals surface area (Å²) in [5.74, 6) is -0.0417. The van der Waals surface area contributed by atoms with Crippen LogP contribution < -0.4 is 5.32 Å². The molecule has 0 unspecified atom stereocenters. The number of amides is 1. The topological polar surface area (TPSA) is 38.3 Å². The predicted molar refractivity (Wildman–Crippen MR) is 68.9 cm³/mol. The predicted octanol–water partition coefficient (Wildman–Crippen LogP) is 3.47. The van der Waals surface area contributed by atoms with Crippen molar-refractivity contribution in [2.75, 3.05) is 19.0 Å². The summed E-state index contributed by atoms with van der Waals surface area (Å²) in [5, 5.41) is 3.38. The van der Waals surface area contributed by atoms with E-state index in [1.54, 1.807) is 25.3 Å². The number of methoxy groups -OCH3 is 1. The van der Waals surface area contributed by atoms with Crippen LogP contribution in [0.3, 0.4) is 0 Å². The molecule has 5 heteroatoms. The Balaban J connectivity index is 2.52. The second-order valence-electron chi connectivity index (χ2n) is 3.27. The number of anilines is 1. The van der Waals surface area contributed by atoms with Crippen LogP contribution in [0.1, 0.15) is 12.8 Å².